The summed E-state index contributed by atoms with van der Waals surface area (Å²) in [4.78, 5) is 35.3. The molecule has 4 rings (SSSR count). The maximum absolute atomic E-state index is 13.8. The van der Waals surface area contributed by atoms with Crippen LogP contribution in [0.15, 0.2) is 60.9 Å². The average molecular weight is 490 g/mol. The lowest BCUT2D eigenvalue weighted by Crippen LogP contribution is -2.42. The minimum Gasteiger partial charge on any atom is -0.480 e. The molecule has 0 bridgehead atoms. The molecular formula is C27H28FN5O3. The van der Waals surface area contributed by atoms with Crippen molar-refractivity contribution >= 4 is 17.8 Å². The van der Waals surface area contributed by atoms with E-state index in [2.05, 4.69) is 25.6 Å². The predicted octanol–water partition coefficient (Wildman–Crippen LogP) is 4.45. The first kappa shape index (κ1) is 24.7. The van der Waals surface area contributed by atoms with Crippen molar-refractivity contribution in [3.63, 3.8) is 0 Å². The maximum Gasteiger partial charge on any atom is 0.326 e. The van der Waals surface area contributed by atoms with Gasteiger partial charge in [-0.25, -0.2) is 14.2 Å². The van der Waals surface area contributed by atoms with Gasteiger partial charge in [0.1, 0.15) is 11.9 Å². The van der Waals surface area contributed by atoms with Crippen LogP contribution in [0.3, 0.4) is 0 Å². The highest BCUT2D eigenvalue weighted by Crippen LogP contribution is 2.21. The Morgan fingerprint density at radius 2 is 1.92 bits per heavy atom. The van der Waals surface area contributed by atoms with Gasteiger partial charge in [-0.3, -0.25) is 4.79 Å². The van der Waals surface area contributed by atoms with Gasteiger partial charge in [-0.1, -0.05) is 31.2 Å². The summed E-state index contributed by atoms with van der Waals surface area (Å²) in [7, 11) is 0. The number of aliphatic carboxylic acids is 1. The lowest BCUT2D eigenvalue weighted by molar-refractivity contribution is -0.139. The Morgan fingerprint density at radius 3 is 2.58 bits per heavy atom. The number of halogens is 1. The number of hydrogen-bond donors (Lipinski definition) is 5. The molecule has 1 amide bonds. The number of carboxylic acid groups (broad SMARTS) is 1. The van der Waals surface area contributed by atoms with E-state index < -0.39 is 23.7 Å². The Hall–Kier alpha value is -4.40. The molecule has 5 N–H and O–H groups in total. The highest BCUT2D eigenvalue weighted by molar-refractivity contribution is 5.99. The lowest BCUT2D eigenvalue weighted by atomic mass is 9.98. The summed E-state index contributed by atoms with van der Waals surface area (Å²) in [6.45, 7) is 4.05. The Labute approximate surface area is 208 Å². The van der Waals surface area contributed by atoms with Gasteiger partial charge in [-0.2, -0.15) is 0 Å². The normalized spacial score (nSPS) is 11.8. The van der Waals surface area contributed by atoms with Crippen molar-refractivity contribution in [1.29, 1.82) is 0 Å². The molecule has 2 aromatic carbocycles. The number of imidazole rings is 1. The fourth-order valence-electron chi connectivity index (χ4n) is 4.16. The van der Waals surface area contributed by atoms with Crippen molar-refractivity contribution in [1.82, 2.24) is 20.3 Å². The number of H-pyrrole nitrogens is 2. The third-order valence-corrected chi connectivity index (χ3v) is 5.99. The smallest absolute Gasteiger partial charge is 0.326 e. The van der Waals surface area contributed by atoms with E-state index in [0.29, 0.717) is 35.6 Å². The number of nitrogens with one attached hydrogen (secondary N) is 4. The van der Waals surface area contributed by atoms with Crippen molar-refractivity contribution in [3.05, 3.63) is 94.7 Å². The molecule has 2 heterocycles. The highest BCUT2D eigenvalue weighted by atomic mass is 19.1. The molecule has 36 heavy (non-hydrogen) atoms. The molecule has 0 radical (unpaired) electrons. The maximum atomic E-state index is 13.8. The van der Waals surface area contributed by atoms with Gasteiger partial charge in [0.2, 0.25) is 0 Å². The number of nitrogens with zero attached hydrogens (tertiary/aromatic N) is 1. The fourth-order valence-corrected chi connectivity index (χ4v) is 4.16. The molecule has 0 saturated heterocycles. The van der Waals surface area contributed by atoms with Gasteiger partial charge in [0.05, 0.1) is 6.54 Å². The van der Waals surface area contributed by atoms with Gasteiger partial charge < -0.3 is 25.7 Å². The second-order valence-corrected chi connectivity index (χ2v) is 8.56. The second kappa shape index (κ2) is 10.9. The van der Waals surface area contributed by atoms with Crippen molar-refractivity contribution < 1.29 is 19.1 Å². The number of carboxylic acids is 1. The quantitative estimate of drug-likeness (QED) is 0.225. The van der Waals surface area contributed by atoms with E-state index in [-0.39, 0.29) is 6.42 Å². The van der Waals surface area contributed by atoms with Crippen LogP contribution in [-0.2, 0) is 24.2 Å². The molecule has 0 aliphatic heterocycles. The molecule has 0 fully saturated rings. The van der Waals surface area contributed by atoms with Gasteiger partial charge in [0.15, 0.2) is 5.95 Å². The summed E-state index contributed by atoms with van der Waals surface area (Å²) >= 11 is 0. The molecule has 0 aliphatic carbocycles. The number of hydrogen-bond acceptors (Lipinski definition) is 4. The van der Waals surface area contributed by atoms with Crippen LogP contribution in [0, 0.1) is 12.7 Å². The molecular weight excluding hydrogens is 461 g/mol. The number of aryl methyl sites for hydroxylation is 2. The van der Waals surface area contributed by atoms with Crippen molar-refractivity contribution in [2.45, 2.75) is 39.3 Å². The molecule has 9 heteroatoms. The number of carbonyl (C=O) groups is 2. The minimum atomic E-state index is -1.14. The zero-order valence-corrected chi connectivity index (χ0v) is 20.1. The number of aromatic amines is 2. The van der Waals surface area contributed by atoms with E-state index in [9.17, 15) is 19.1 Å². The van der Waals surface area contributed by atoms with Crippen molar-refractivity contribution in [2.24, 2.45) is 0 Å². The van der Waals surface area contributed by atoms with Crippen LogP contribution in [0.4, 0.5) is 10.3 Å². The zero-order chi connectivity index (χ0) is 25.7. The summed E-state index contributed by atoms with van der Waals surface area (Å²) in [5.41, 5.74) is 4.98. The molecule has 1 atom stereocenters. The average Bonchev–Trinajstić information content (AvgIpc) is 3.54. The molecule has 0 aliphatic rings. The molecule has 186 valence electrons. The topological polar surface area (TPSA) is 123 Å². The van der Waals surface area contributed by atoms with Gasteiger partial charge in [-0.15, -0.1) is 0 Å². The molecule has 2 aromatic heterocycles. The fraction of sp³-hybridized carbons (Fsp3) is 0.222. The summed E-state index contributed by atoms with van der Waals surface area (Å²) in [6, 6.07) is 12.9. The number of carbonyl (C=O) groups excluding carboxylic acids is 1. The first-order valence-electron chi connectivity index (χ1n) is 11.7. The first-order valence-corrected chi connectivity index (χ1v) is 11.7. The van der Waals surface area contributed by atoms with E-state index >= 15 is 0 Å². The zero-order valence-electron chi connectivity index (χ0n) is 20.1. The SMILES string of the molecule is CCc1cc(F)cc(C)c1C(=O)NC(Cc1ccc(-c2ccc(CNc3ncc[nH]3)[nH]2)cc1)C(=O)O. The Balaban J connectivity index is 1.42. The molecule has 4 aromatic rings. The highest BCUT2D eigenvalue weighted by Gasteiger charge is 2.24. The van der Waals surface area contributed by atoms with Crippen LogP contribution in [0.5, 0.6) is 0 Å². The van der Waals surface area contributed by atoms with E-state index in [1.807, 2.05) is 43.3 Å². The van der Waals surface area contributed by atoms with Gasteiger partial charge in [-0.05, 0) is 59.9 Å². The Morgan fingerprint density at radius 1 is 1.14 bits per heavy atom. The number of rotatable bonds is 10. The Kier molecular flexibility index (Phi) is 7.48. The Bertz CT molecular complexity index is 1350. The van der Waals surface area contributed by atoms with Crippen molar-refractivity contribution in [2.75, 3.05) is 5.32 Å². The van der Waals surface area contributed by atoms with Crippen LogP contribution in [-0.4, -0.2) is 38.0 Å². The predicted molar refractivity (Wildman–Crippen MR) is 135 cm³/mol. The van der Waals surface area contributed by atoms with Gasteiger partial charge in [0.25, 0.3) is 5.91 Å². The third kappa shape index (κ3) is 5.80. The molecule has 8 nitrogen and oxygen atoms in total. The number of amides is 1. The van der Waals surface area contributed by atoms with Crippen molar-refractivity contribution in [3.8, 4) is 11.3 Å². The van der Waals surface area contributed by atoms with Crippen LogP contribution in [0.1, 0.15) is 39.7 Å². The minimum absolute atomic E-state index is 0.117. The molecule has 1 unspecified atom stereocenters. The van der Waals surface area contributed by atoms with Crippen LogP contribution in [0.25, 0.3) is 11.3 Å². The summed E-state index contributed by atoms with van der Waals surface area (Å²) in [5.74, 6) is -1.38. The summed E-state index contributed by atoms with van der Waals surface area (Å²) in [5, 5.41) is 15.5. The first-order chi connectivity index (χ1) is 17.3. The van der Waals surface area contributed by atoms with Crippen LogP contribution < -0.4 is 10.6 Å². The van der Waals surface area contributed by atoms with E-state index in [0.717, 1.165) is 22.5 Å². The number of benzene rings is 2. The van der Waals surface area contributed by atoms with Crippen LogP contribution in [0.2, 0.25) is 0 Å². The third-order valence-electron chi connectivity index (χ3n) is 5.99. The van der Waals surface area contributed by atoms with E-state index in [1.165, 1.54) is 12.1 Å². The summed E-state index contributed by atoms with van der Waals surface area (Å²) < 4.78 is 13.8. The van der Waals surface area contributed by atoms with E-state index in [1.54, 1.807) is 19.3 Å². The number of anilines is 1. The standard InChI is InChI=1S/C27H28FN5O3/c1-3-18-14-20(28)12-16(2)24(18)25(34)33-23(26(35)36)13-17-4-6-19(7-5-17)22-9-8-21(32-22)15-31-27-29-10-11-30-27/h4-12,14,23,32H,3,13,15H2,1-2H3,(H,33,34)(H,35,36)(H2,29,30,31). The number of aromatic nitrogens is 3. The lowest BCUT2D eigenvalue weighted by Gasteiger charge is -2.18. The molecule has 0 saturated carbocycles. The molecule has 0 spiro atoms. The van der Waals surface area contributed by atoms with Gasteiger partial charge >= 0.3 is 5.97 Å². The second-order valence-electron chi connectivity index (χ2n) is 8.56. The monoisotopic (exact) mass is 489 g/mol. The van der Waals surface area contributed by atoms with Gasteiger partial charge in [0, 0.05) is 35.8 Å². The van der Waals surface area contributed by atoms with E-state index in [4.69, 9.17) is 0 Å². The van der Waals surface area contributed by atoms with Crippen LogP contribution >= 0.6 is 0 Å². The largest absolute Gasteiger partial charge is 0.480 e. The summed E-state index contributed by atoms with van der Waals surface area (Å²) in [6.07, 6.45) is 4.00.